The maximum atomic E-state index is 8.18. The van der Waals surface area contributed by atoms with Crippen molar-refractivity contribution in [2.75, 3.05) is 20.0 Å². The monoisotopic (exact) mass is 177 g/mol. The summed E-state index contributed by atoms with van der Waals surface area (Å²) in [6, 6.07) is 2.00. The number of hydrogen-bond acceptors (Lipinski definition) is 3. The molecule has 0 unspecified atom stereocenters. The number of nitrogens with zero attached hydrogens (tertiary/aromatic N) is 1. The summed E-state index contributed by atoms with van der Waals surface area (Å²) in [6.45, 7) is 0.731. The summed E-state index contributed by atoms with van der Waals surface area (Å²) in [5.41, 5.74) is 0. The van der Waals surface area contributed by atoms with Gasteiger partial charge in [-0.2, -0.15) is 5.26 Å². The quantitative estimate of drug-likeness (QED) is 0.356. The Kier molecular flexibility index (Phi) is 9.34. The van der Waals surface area contributed by atoms with Gasteiger partial charge in [-0.1, -0.05) is 17.8 Å². The van der Waals surface area contributed by atoms with Crippen LogP contribution in [-0.4, -0.2) is 20.0 Å². The molecule has 3 heteroatoms. The van der Waals surface area contributed by atoms with Crippen molar-refractivity contribution < 1.29 is 9.47 Å². The zero-order valence-electron chi connectivity index (χ0n) is 7.38. The highest BCUT2D eigenvalue weighted by Crippen LogP contribution is 1.82. The van der Waals surface area contributed by atoms with E-state index in [-0.39, 0.29) is 13.4 Å². The average molecular weight is 177 g/mol. The van der Waals surface area contributed by atoms with E-state index in [1.807, 2.05) is 6.07 Å². The van der Waals surface area contributed by atoms with Crippen molar-refractivity contribution in [2.24, 2.45) is 0 Å². The smallest absolute Gasteiger partial charge is 0.149 e. The molecule has 0 rings (SSSR count). The van der Waals surface area contributed by atoms with Crippen molar-refractivity contribution in [2.45, 2.75) is 12.8 Å². The van der Waals surface area contributed by atoms with Gasteiger partial charge in [0.25, 0.3) is 0 Å². The Morgan fingerprint density at radius 3 is 2.54 bits per heavy atom. The van der Waals surface area contributed by atoms with E-state index in [2.05, 4.69) is 17.8 Å². The van der Waals surface area contributed by atoms with Crippen molar-refractivity contribution in [3.8, 4) is 30.3 Å². The van der Waals surface area contributed by atoms with Crippen LogP contribution in [0.4, 0.5) is 0 Å². The Balaban J connectivity index is 3.10. The van der Waals surface area contributed by atoms with Crippen LogP contribution in [0.5, 0.6) is 0 Å². The van der Waals surface area contributed by atoms with Gasteiger partial charge in [0.1, 0.15) is 20.0 Å². The molecule has 68 valence electrons. The molecular weight excluding hydrogens is 166 g/mol. The maximum absolute atomic E-state index is 8.18. The molecular formula is C10H11NO2. The minimum absolute atomic E-state index is 0.164. The fourth-order valence-electron chi connectivity index (χ4n) is 0.510. The van der Waals surface area contributed by atoms with Gasteiger partial charge in [0.2, 0.25) is 0 Å². The van der Waals surface area contributed by atoms with Crippen molar-refractivity contribution in [1.29, 1.82) is 5.26 Å². The molecule has 0 N–H and O–H groups in total. The lowest BCUT2D eigenvalue weighted by atomic mass is 10.3. The van der Waals surface area contributed by atoms with E-state index in [4.69, 9.17) is 21.2 Å². The van der Waals surface area contributed by atoms with Crippen LogP contribution >= 0.6 is 0 Å². The zero-order valence-corrected chi connectivity index (χ0v) is 7.38. The number of ether oxygens (including phenoxy) is 2. The van der Waals surface area contributed by atoms with Gasteiger partial charge in [-0.05, 0) is 0 Å². The first-order valence-electron chi connectivity index (χ1n) is 3.83. The zero-order chi connectivity index (χ0) is 9.78. The Labute approximate surface area is 78.6 Å². The normalized spacial score (nSPS) is 7.85. The molecule has 0 saturated carbocycles. The average Bonchev–Trinajstić information content (AvgIpc) is 2.16. The predicted molar refractivity (Wildman–Crippen MR) is 48.2 cm³/mol. The summed E-state index contributed by atoms with van der Waals surface area (Å²) in [7, 11) is 0. The van der Waals surface area contributed by atoms with Gasteiger partial charge in [-0.25, -0.2) is 0 Å². The van der Waals surface area contributed by atoms with Gasteiger partial charge < -0.3 is 9.47 Å². The number of nitriles is 1. The lowest BCUT2D eigenvalue weighted by molar-refractivity contribution is -0.0294. The van der Waals surface area contributed by atoms with Crippen LogP contribution in [0.2, 0.25) is 0 Å². The first-order valence-corrected chi connectivity index (χ1v) is 3.83. The lowest BCUT2D eigenvalue weighted by Crippen LogP contribution is -1.99. The molecule has 13 heavy (non-hydrogen) atoms. The van der Waals surface area contributed by atoms with Crippen LogP contribution in [0.15, 0.2) is 0 Å². The van der Waals surface area contributed by atoms with E-state index in [0.29, 0.717) is 19.4 Å². The maximum Gasteiger partial charge on any atom is 0.149 e. The number of unbranched alkanes of at least 4 members (excludes halogenated alkanes) is 1. The number of rotatable bonds is 5. The third-order valence-electron chi connectivity index (χ3n) is 1.01. The Bertz CT molecular complexity index is 249. The molecule has 0 aliphatic rings. The van der Waals surface area contributed by atoms with Crippen LogP contribution in [0.1, 0.15) is 12.8 Å². The van der Waals surface area contributed by atoms with Gasteiger partial charge in [-0.15, -0.1) is 6.42 Å². The molecule has 0 atom stereocenters. The van der Waals surface area contributed by atoms with E-state index in [9.17, 15) is 0 Å². The Hall–Kier alpha value is -1.47. The van der Waals surface area contributed by atoms with Crippen LogP contribution in [0.25, 0.3) is 0 Å². The van der Waals surface area contributed by atoms with E-state index < -0.39 is 0 Å². The lowest BCUT2D eigenvalue weighted by Gasteiger charge is -1.97. The standard InChI is InChI=1S/C10H11NO2/c1-2-8-12-10-13-9-6-4-3-5-7-11/h1H,3,5,8-10H2. The third kappa shape index (κ3) is 10.5. The summed E-state index contributed by atoms with van der Waals surface area (Å²) >= 11 is 0. The summed E-state index contributed by atoms with van der Waals surface area (Å²) in [5, 5.41) is 8.18. The van der Waals surface area contributed by atoms with Crippen molar-refractivity contribution in [3.05, 3.63) is 0 Å². The van der Waals surface area contributed by atoms with Crippen LogP contribution in [0.3, 0.4) is 0 Å². The SMILES string of the molecule is C#CCOCOCC#CCCC#N. The molecule has 0 aromatic heterocycles. The van der Waals surface area contributed by atoms with E-state index in [0.717, 1.165) is 0 Å². The summed E-state index contributed by atoms with van der Waals surface area (Å²) in [6.07, 6.45) is 5.98. The molecule has 0 fully saturated rings. The van der Waals surface area contributed by atoms with Crippen molar-refractivity contribution in [1.82, 2.24) is 0 Å². The Morgan fingerprint density at radius 1 is 1.08 bits per heavy atom. The molecule has 0 radical (unpaired) electrons. The van der Waals surface area contributed by atoms with E-state index >= 15 is 0 Å². The molecule has 0 aromatic rings. The first kappa shape index (κ1) is 11.5. The first-order chi connectivity index (χ1) is 6.41. The summed E-state index contributed by atoms with van der Waals surface area (Å²) in [4.78, 5) is 0. The topological polar surface area (TPSA) is 42.2 Å². The predicted octanol–water partition coefficient (Wildman–Crippen LogP) is 0.917. The fraction of sp³-hybridized carbons (Fsp3) is 0.500. The van der Waals surface area contributed by atoms with Crippen LogP contribution < -0.4 is 0 Å². The largest absolute Gasteiger partial charge is 0.343 e. The highest BCUT2D eigenvalue weighted by atomic mass is 16.7. The second-order valence-corrected chi connectivity index (χ2v) is 2.03. The van der Waals surface area contributed by atoms with Crippen molar-refractivity contribution in [3.63, 3.8) is 0 Å². The molecule has 0 saturated heterocycles. The fourth-order valence-corrected chi connectivity index (χ4v) is 0.510. The van der Waals surface area contributed by atoms with Gasteiger partial charge in [0.15, 0.2) is 0 Å². The molecule has 0 amide bonds. The second kappa shape index (κ2) is 10.5. The van der Waals surface area contributed by atoms with Gasteiger partial charge in [0, 0.05) is 12.8 Å². The molecule has 0 aliphatic heterocycles. The Morgan fingerprint density at radius 2 is 1.85 bits per heavy atom. The number of terminal acetylenes is 1. The van der Waals surface area contributed by atoms with Crippen LogP contribution in [-0.2, 0) is 9.47 Å². The van der Waals surface area contributed by atoms with E-state index in [1.54, 1.807) is 0 Å². The van der Waals surface area contributed by atoms with Crippen LogP contribution in [0, 0.1) is 35.5 Å². The molecule has 0 aliphatic carbocycles. The molecule has 0 aromatic carbocycles. The van der Waals surface area contributed by atoms with Gasteiger partial charge in [-0.3, -0.25) is 0 Å². The summed E-state index contributed by atoms with van der Waals surface area (Å²) < 4.78 is 9.77. The minimum Gasteiger partial charge on any atom is -0.343 e. The van der Waals surface area contributed by atoms with Gasteiger partial charge in [0.05, 0.1) is 6.07 Å². The molecule has 0 bridgehead atoms. The van der Waals surface area contributed by atoms with E-state index in [1.165, 1.54) is 0 Å². The molecule has 0 spiro atoms. The van der Waals surface area contributed by atoms with Crippen molar-refractivity contribution >= 4 is 0 Å². The van der Waals surface area contributed by atoms with Gasteiger partial charge >= 0.3 is 0 Å². The number of hydrogen-bond donors (Lipinski definition) is 0. The highest BCUT2D eigenvalue weighted by molar-refractivity contribution is 5.00. The highest BCUT2D eigenvalue weighted by Gasteiger charge is 1.81. The molecule has 0 heterocycles. The third-order valence-corrected chi connectivity index (χ3v) is 1.01. The summed E-state index contributed by atoms with van der Waals surface area (Å²) in [5.74, 6) is 7.84. The second-order valence-electron chi connectivity index (χ2n) is 2.03. The minimum atomic E-state index is 0.164. The molecule has 3 nitrogen and oxygen atoms in total.